The minimum Gasteiger partial charge on any atom is -0.419 e. The molecule has 0 N–H and O–H groups in total. The first-order valence-corrected chi connectivity index (χ1v) is 7.02. The molecule has 0 unspecified atom stereocenters. The minimum absolute atomic E-state index is 0.0675. The van der Waals surface area contributed by atoms with Crippen molar-refractivity contribution >= 4 is 34.9 Å². The number of aryl methyl sites for hydroxylation is 1. The Bertz CT molecular complexity index is 746. The molecule has 0 atom stereocenters. The van der Waals surface area contributed by atoms with E-state index in [4.69, 9.17) is 27.9 Å². The van der Waals surface area contributed by atoms with E-state index in [-0.39, 0.29) is 17.9 Å². The van der Waals surface area contributed by atoms with Crippen molar-refractivity contribution in [3.8, 4) is 5.75 Å². The molecule has 0 saturated heterocycles. The van der Waals surface area contributed by atoms with Crippen molar-refractivity contribution in [3.05, 3.63) is 67.7 Å². The molecule has 0 amide bonds. The zero-order chi connectivity index (χ0) is 16.3. The number of ether oxygens (including phenoxy) is 1. The lowest BCUT2D eigenvalue weighted by Gasteiger charge is -2.07. The van der Waals surface area contributed by atoms with Gasteiger partial charge in [0, 0.05) is 6.07 Å². The molecule has 2 rings (SSSR count). The van der Waals surface area contributed by atoms with Gasteiger partial charge in [-0.15, -0.1) is 0 Å². The van der Waals surface area contributed by atoms with E-state index in [9.17, 15) is 14.9 Å². The predicted octanol–water partition coefficient (Wildman–Crippen LogP) is 4.36. The number of hydrogen-bond donors (Lipinski definition) is 0. The predicted molar refractivity (Wildman–Crippen MR) is 83.6 cm³/mol. The van der Waals surface area contributed by atoms with Crippen LogP contribution in [0.2, 0.25) is 10.0 Å². The molecule has 0 aliphatic carbocycles. The van der Waals surface area contributed by atoms with Crippen LogP contribution in [-0.2, 0) is 11.2 Å². The lowest BCUT2D eigenvalue weighted by molar-refractivity contribution is -0.385. The highest BCUT2D eigenvalue weighted by Gasteiger charge is 2.18. The van der Waals surface area contributed by atoms with Crippen LogP contribution in [-0.4, -0.2) is 10.9 Å². The second-order valence-electron chi connectivity index (χ2n) is 4.63. The maximum Gasteiger partial charge on any atom is 0.315 e. The Hall–Kier alpha value is -2.11. The normalized spacial score (nSPS) is 10.3. The van der Waals surface area contributed by atoms with Crippen molar-refractivity contribution < 1.29 is 14.5 Å². The van der Waals surface area contributed by atoms with Gasteiger partial charge in [-0.25, -0.2) is 0 Å². The molecule has 5 nitrogen and oxygen atoms in total. The number of nitro benzene ring substituents is 1. The molecule has 0 fully saturated rings. The van der Waals surface area contributed by atoms with E-state index >= 15 is 0 Å². The molecule has 0 aliphatic rings. The van der Waals surface area contributed by atoms with Gasteiger partial charge in [-0.3, -0.25) is 14.9 Å². The summed E-state index contributed by atoms with van der Waals surface area (Å²) in [6.07, 6.45) is -0.0675. The molecular formula is C15H11Cl2NO4. The standard InChI is InChI=1S/C15H11Cl2NO4/c1-9-2-5-13(18(20)21)14(6-9)22-15(19)8-10-3-4-11(16)12(17)7-10/h2-7H,8H2,1H3. The first-order chi connectivity index (χ1) is 10.4. The Morgan fingerprint density at radius 2 is 1.91 bits per heavy atom. The van der Waals surface area contributed by atoms with Crippen molar-refractivity contribution in [1.29, 1.82) is 0 Å². The smallest absolute Gasteiger partial charge is 0.315 e. The lowest BCUT2D eigenvalue weighted by atomic mass is 10.1. The quantitative estimate of drug-likeness (QED) is 0.359. The van der Waals surface area contributed by atoms with E-state index in [1.807, 2.05) is 0 Å². The second-order valence-corrected chi connectivity index (χ2v) is 5.44. The number of benzene rings is 2. The summed E-state index contributed by atoms with van der Waals surface area (Å²) in [4.78, 5) is 22.3. The van der Waals surface area contributed by atoms with Crippen LogP contribution in [0.4, 0.5) is 5.69 Å². The molecule has 7 heteroatoms. The summed E-state index contributed by atoms with van der Waals surface area (Å²) in [5.74, 6) is -0.692. The maximum absolute atomic E-state index is 11.9. The van der Waals surface area contributed by atoms with E-state index in [2.05, 4.69) is 0 Å². The van der Waals surface area contributed by atoms with Gasteiger partial charge in [0.15, 0.2) is 0 Å². The van der Waals surface area contributed by atoms with Crippen molar-refractivity contribution in [2.75, 3.05) is 0 Å². The number of hydrogen-bond acceptors (Lipinski definition) is 4. The summed E-state index contributed by atoms with van der Waals surface area (Å²) in [6.45, 7) is 1.75. The Morgan fingerprint density at radius 3 is 2.55 bits per heavy atom. The number of nitrogens with zero attached hydrogens (tertiary/aromatic N) is 1. The van der Waals surface area contributed by atoms with Crippen LogP contribution in [0, 0.1) is 17.0 Å². The molecule has 0 spiro atoms. The molecule has 2 aromatic carbocycles. The van der Waals surface area contributed by atoms with Crippen LogP contribution in [0.3, 0.4) is 0 Å². The monoisotopic (exact) mass is 339 g/mol. The first kappa shape index (κ1) is 16.3. The minimum atomic E-state index is -0.618. The number of rotatable bonds is 4. The summed E-state index contributed by atoms with van der Waals surface area (Å²) in [7, 11) is 0. The Kier molecular flexibility index (Phi) is 5.00. The number of carbonyl (C=O) groups is 1. The lowest BCUT2D eigenvalue weighted by Crippen LogP contribution is -2.12. The van der Waals surface area contributed by atoms with Gasteiger partial charge in [-0.05, 0) is 36.2 Å². The van der Waals surface area contributed by atoms with Crippen LogP contribution < -0.4 is 4.74 Å². The summed E-state index contributed by atoms with van der Waals surface area (Å²) in [5, 5.41) is 11.6. The molecule has 0 bridgehead atoms. The Morgan fingerprint density at radius 1 is 1.18 bits per heavy atom. The summed E-state index contributed by atoms with van der Waals surface area (Å²) < 4.78 is 5.11. The molecule has 22 heavy (non-hydrogen) atoms. The molecular weight excluding hydrogens is 329 g/mol. The van der Waals surface area contributed by atoms with Gasteiger partial charge in [0.25, 0.3) is 0 Å². The highest BCUT2D eigenvalue weighted by Crippen LogP contribution is 2.28. The second kappa shape index (κ2) is 6.77. The Balaban J connectivity index is 2.16. The Labute approximate surface area is 136 Å². The third-order valence-electron chi connectivity index (χ3n) is 2.87. The number of halogens is 2. The van der Waals surface area contributed by atoms with E-state index in [1.165, 1.54) is 12.1 Å². The zero-order valence-corrected chi connectivity index (χ0v) is 13.0. The molecule has 114 valence electrons. The molecule has 0 radical (unpaired) electrons. The van der Waals surface area contributed by atoms with Crippen molar-refractivity contribution in [2.45, 2.75) is 13.3 Å². The van der Waals surface area contributed by atoms with Gasteiger partial charge in [0.05, 0.1) is 21.4 Å². The van der Waals surface area contributed by atoms with Crippen LogP contribution in [0.1, 0.15) is 11.1 Å². The largest absolute Gasteiger partial charge is 0.419 e. The van der Waals surface area contributed by atoms with Crippen molar-refractivity contribution in [2.24, 2.45) is 0 Å². The van der Waals surface area contributed by atoms with Gasteiger partial charge >= 0.3 is 11.7 Å². The first-order valence-electron chi connectivity index (χ1n) is 6.26. The molecule has 0 aromatic heterocycles. The van der Waals surface area contributed by atoms with E-state index in [0.717, 1.165) is 5.56 Å². The van der Waals surface area contributed by atoms with Crippen molar-refractivity contribution in [1.82, 2.24) is 0 Å². The fraction of sp³-hybridized carbons (Fsp3) is 0.133. The molecule has 2 aromatic rings. The molecule has 0 saturated carbocycles. The third-order valence-corrected chi connectivity index (χ3v) is 3.61. The number of carbonyl (C=O) groups excluding carboxylic acids is 1. The van der Waals surface area contributed by atoms with Gasteiger partial charge in [-0.1, -0.05) is 35.3 Å². The summed E-state index contributed by atoms with van der Waals surface area (Å²) in [6, 6.07) is 9.09. The van der Waals surface area contributed by atoms with Crippen LogP contribution in [0.25, 0.3) is 0 Å². The maximum atomic E-state index is 11.9. The van der Waals surface area contributed by atoms with E-state index < -0.39 is 10.9 Å². The van der Waals surface area contributed by atoms with Crippen LogP contribution >= 0.6 is 23.2 Å². The highest BCUT2D eigenvalue weighted by atomic mass is 35.5. The van der Waals surface area contributed by atoms with Crippen molar-refractivity contribution in [3.63, 3.8) is 0 Å². The van der Waals surface area contributed by atoms with Crippen LogP contribution in [0.5, 0.6) is 5.75 Å². The fourth-order valence-corrected chi connectivity index (χ4v) is 2.15. The summed E-state index contributed by atoms with van der Waals surface area (Å²) in [5.41, 5.74) is 1.10. The van der Waals surface area contributed by atoms with Gasteiger partial charge < -0.3 is 4.74 Å². The van der Waals surface area contributed by atoms with Gasteiger partial charge in [-0.2, -0.15) is 0 Å². The SMILES string of the molecule is Cc1ccc([N+](=O)[O-])c(OC(=O)Cc2ccc(Cl)c(Cl)c2)c1. The number of nitro groups is 1. The average Bonchev–Trinajstić information content (AvgIpc) is 2.42. The average molecular weight is 340 g/mol. The van der Waals surface area contributed by atoms with Gasteiger partial charge in [0.1, 0.15) is 0 Å². The molecule has 0 aliphatic heterocycles. The fourth-order valence-electron chi connectivity index (χ4n) is 1.83. The molecule has 0 heterocycles. The van der Waals surface area contributed by atoms with Crippen LogP contribution in [0.15, 0.2) is 36.4 Å². The van der Waals surface area contributed by atoms with E-state index in [1.54, 1.807) is 31.2 Å². The van der Waals surface area contributed by atoms with E-state index in [0.29, 0.717) is 15.6 Å². The van der Waals surface area contributed by atoms with Gasteiger partial charge in [0.2, 0.25) is 5.75 Å². The summed E-state index contributed by atoms with van der Waals surface area (Å²) >= 11 is 11.7. The number of esters is 1. The topological polar surface area (TPSA) is 69.4 Å². The zero-order valence-electron chi connectivity index (χ0n) is 11.5. The third kappa shape index (κ3) is 3.96. The highest BCUT2D eigenvalue weighted by molar-refractivity contribution is 6.42.